The first-order valence-corrected chi connectivity index (χ1v) is 9.27. The minimum Gasteiger partial charge on any atom is -0.370 e. The third-order valence-corrected chi connectivity index (χ3v) is 5.45. The van der Waals surface area contributed by atoms with E-state index in [0.717, 1.165) is 28.0 Å². The smallest absolute Gasteiger partial charge is 0.261 e. The second kappa shape index (κ2) is 6.51. The number of ether oxygens (including phenoxy) is 1. The largest absolute Gasteiger partial charge is 0.370 e. The number of hydrogen-bond acceptors (Lipinski definition) is 5. The fraction of sp³-hybridized carbons (Fsp3) is 0.389. The maximum atomic E-state index is 12.7. The van der Waals surface area contributed by atoms with Crippen molar-refractivity contribution < 1.29 is 4.74 Å². The molecular formula is C18H20BrN5O2. The zero-order valence-corrected chi connectivity index (χ0v) is 16.5. The Morgan fingerprint density at radius 1 is 1.31 bits per heavy atom. The highest BCUT2D eigenvalue weighted by atomic mass is 79.9. The van der Waals surface area contributed by atoms with Crippen molar-refractivity contribution in [3.8, 4) is 0 Å². The highest BCUT2D eigenvalue weighted by Gasteiger charge is 2.24. The predicted molar refractivity (Wildman–Crippen MR) is 103 cm³/mol. The lowest BCUT2D eigenvalue weighted by molar-refractivity contribution is 0.0397. The monoisotopic (exact) mass is 417 g/mol. The number of morpholine rings is 1. The molecule has 4 heterocycles. The molecule has 8 heteroatoms. The molecule has 4 rings (SSSR count). The summed E-state index contributed by atoms with van der Waals surface area (Å²) in [4.78, 5) is 19.5. The van der Waals surface area contributed by atoms with Gasteiger partial charge in [0, 0.05) is 49.4 Å². The fourth-order valence-electron chi connectivity index (χ4n) is 3.25. The molecule has 136 valence electrons. The van der Waals surface area contributed by atoms with Crippen LogP contribution in [0.5, 0.6) is 0 Å². The molecule has 0 amide bonds. The van der Waals surface area contributed by atoms with E-state index in [-0.39, 0.29) is 11.7 Å². The van der Waals surface area contributed by atoms with Gasteiger partial charge in [0.25, 0.3) is 5.56 Å². The van der Waals surface area contributed by atoms with Gasteiger partial charge in [-0.1, -0.05) is 0 Å². The lowest BCUT2D eigenvalue weighted by atomic mass is 10.1. The Labute approximate surface area is 159 Å². The summed E-state index contributed by atoms with van der Waals surface area (Å²) in [5, 5.41) is 4.23. The highest BCUT2D eigenvalue weighted by molar-refractivity contribution is 9.10. The van der Waals surface area contributed by atoms with Crippen molar-refractivity contribution in [1.29, 1.82) is 0 Å². The van der Waals surface area contributed by atoms with Crippen LogP contribution in [0.3, 0.4) is 0 Å². The number of aryl methyl sites for hydroxylation is 2. The molecule has 0 saturated carbocycles. The molecule has 1 unspecified atom stereocenters. The normalized spacial score (nSPS) is 17.8. The second-order valence-electron chi connectivity index (χ2n) is 6.62. The van der Waals surface area contributed by atoms with E-state index in [1.54, 1.807) is 9.08 Å². The Kier molecular flexibility index (Phi) is 4.32. The van der Waals surface area contributed by atoms with Crippen LogP contribution in [0.1, 0.15) is 22.9 Å². The summed E-state index contributed by atoms with van der Waals surface area (Å²) < 4.78 is 10.1. The van der Waals surface area contributed by atoms with Crippen molar-refractivity contribution in [3.63, 3.8) is 0 Å². The van der Waals surface area contributed by atoms with Crippen molar-refractivity contribution >= 4 is 27.3 Å². The Morgan fingerprint density at radius 3 is 2.85 bits per heavy atom. The topological polar surface area (TPSA) is 64.7 Å². The van der Waals surface area contributed by atoms with Crippen molar-refractivity contribution in [2.24, 2.45) is 7.05 Å². The number of anilines is 1. The van der Waals surface area contributed by atoms with Gasteiger partial charge in [0.05, 0.1) is 23.0 Å². The quantitative estimate of drug-likeness (QED) is 0.640. The number of rotatable bonds is 2. The van der Waals surface area contributed by atoms with Crippen molar-refractivity contribution in [1.82, 2.24) is 19.2 Å². The molecule has 0 N–H and O–H groups in total. The second-order valence-corrected chi connectivity index (χ2v) is 7.47. The van der Waals surface area contributed by atoms with Crippen LogP contribution in [0.25, 0.3) is 5.65 Å². The molecule has 1 aliphatic heterocycles. The van der Waals surface area contributed by atoms with Crippen molar-refractivity contribution in [2.45, 2.75) is 20.0 Å². The molecule has 1 aliphatic rings. The van der Waals surface area contributed by atoms with Crippen LogP contribution in [0.4, 0.5) is 5.69 Å². The number of aromatic nitrogens is 4. The number of hydrogen-bond donors (Lipinski definition) is 0. The van der Waals surface area contributed by atoms with Crippen LogP contribution in [0.2, 0.25) is 0 Å². The standard InChI is InChI=1S/C18H20BrN5O2/c1-11-12(2)21-17-15(19)6-14(9-24(17)18(11)25)23-4-5-26-16(10-23)13-7-20-22(3)8-13/h6-9,16H,4-5,10H2,1-3H3. The molecule has 1 atom stereocenters. The lowest BCUT2D eigenvalue weighted by Gasteiger charge is -2.34. The minimum absolute atomic E-state index is 0.0351. The molecule has 0 bridgehead atoms. The van der Waals surface area contributed by atoms with Crippen molar-refractivity contribution in [2.75, 3.05) is 24.6 Å². The van der Waals surface area contributed by atoms with Gasteiger partial charge in [0.2, 0.25) is 0 Å². The molecule has 1 fully saturated rings. The van der Waals surface area contributed by atoms with E-state index in [1.807, 2.05) is 45.6 Å². The molecule has 3 aromatic heterocycles. The van der Waals surface area contributed by atoms with Crippen LogP contribution in [0.15, 0.2) is 33.9 Å². The molecule has 3 aromatic rings. The van der Waals surface area contributed by atoms with Gasteiger partial charge in [-0.05, 0) is 35.8 Å². The van der Waals surface area contributed by atoms with Crippen LogP contribution in [0, 0.1) is 13.8 Å². The number of halogens is 1. The molecule has 0 spiro atoms. The molecule has 1 saturated heterocycles. The Morgan fingerprint density at radius 2 is 2.12 bits per heavy atom. The fourth-order valence-corrected chi connectivity index (χ4v) is 3.76. The van der Waals surface area contributed by atoms with E-state index < -0.39 is 0 Å². The third kappa shape index (κ3) is 2.93. The maximum absolute atomic E-state index is 12.7. The van der Waals surface area contributed by atoms with Gasteiger partial charge in [-0.2, -0.15) is 5.10 Å². The SMILES string of the molecule is Cc1nc2c(Br)cc(N3CCOC(c4cnn(C)c4)C3)cn2c(=O)c1C. The summed E-state index contributed by atoms with van der Waals surface area (Å²) in [5.74, 6) is 0. The predicted octanol–water partition coefficient (Wildman–Crippen LogP) is 2.39. The van der Waals surface area contributed by atoms with Crippen LogP contribution >= 0.6 is 15.9 Å². The van der Waals surface area contributed by atoms with Gasteiger partial charge in [0.15, 0.2) is 5.65 Å². The molecule has 0 aromatic carbocycles. The number of fused-ring (bicyclic) bond motifs is 1. The minimum atomic E-state index is -0.0403. The van der Waals surface area contributed by atoms with Crippen LogP contribution in [-0.4, -0.2) is 38.9 Å². The van der Waals surface area contributed by atoms with E-state index in [9.17, 15) is 4.79 Å². The van der Waals surface area contributed by atoms with E-state index in [0.29, 0.717) is 24.4 Å². The van der Waals surface area contributed by atoms with Crippen LogP contribution in [-0.2, 0) is 11.8 Å². The maximum Gasteiger partial charge on any atom is 0.261 e. The Bertz CT molecular complexity index is 1040. The molecule has 7 nitrogen and oxygen atoms in total. The summed E-state index contributed by atoms with van der Waals surface area (Å²) >= 11 is 3.58. The third-order valence-electron chi connectivity index (χ3n) is 4.86. The van der Waals surface area contributed by atoms with E-state index in [2.05, 4.69) is 30.9 Å². The summed E-state index contributed by atoms with van der Waals surface area (Å²) in [6.07, 6.45) is 5.64. The van der Waals surface area contributed by atoms with Gasteiger partial charge in [-0.25, -0.2) is 4.98 Å². The Hall–Kier alpha value is -2.19. The van der Waals surface area contributed by atoms with E-state index >= 15 is 0 Å². The first-order chi connectivity index (χ1) is 12.4. The van der Waals surface area contributed by atoms with E-state index in [1.165, 1.54) is 0 Å². The summed E-state index contributed by atoms with van der Waals surface area (Å²) in [5.41, 5.74) is 4.05. The number of pyridine rings is 1. The Balaban J connectivity index is 1.73. The average molecular weight is 418 g/mol. The molecular weight excluding hydrogens is 398 g/mol. The van der Waals surface area contributed by atoms with Gasteiger partial charge in [0.1, 0.15) is 6.10 Å². The first kappa shape index (κ1) is 17.2. The van der Waals surface area contributed by atoms with Gasteiger partial charge < -0.3 is 9.64 Å². The zero-order valence-electron chi connectivity index (χ0n) is 14.9. The molecule has 0 aliphatic carbocycles. The summed E-state index contributed by atoms with van der Waals surface area (Å²) in [7, 11) is 1.90. The van der Waals surface area contributed by atoms with Gasteiger partial charge in [-0.3, -0.25) is 13.9 Å². The summed E-state index contributed by atoms with van der Waals surface area (Å²) in [6, 6.07) is 2.02. The van der Waals surface area contributed by atoms with Gasteiger partial charge >= 0.3 is 0 Å². The first-order valence-electron chi connectivity index (χ1n) is 8.48. The van der Waals surface area contributed by atoms with Gasteiger partial charge in [-0.15, -0.1) is 0 Å². The molecule has 0 radical (unpaired) electrons. The zero-order chi connectivity index (χ0) is 18.4. The van der Waals surface area contributed by atoms with Crippen molar-refractivity contribution in [3.05, 3.63) is 56.3 Å². The van der Waals surface area contributed by atoms with Crippen LogP contribution < -0.4 is 10.5 Å². The molecule has 26 heavy (non-hydrogen) atoms. The number of nitrogens with zero attached hydrogens (tertiary/aromatic N) is 5. The van der Waals surface area contributed by atoms with E-state index in [4.69, 9.17) is 4.74 Å². The summed E-state index contributed by atoms with van der Waals surface area (Å²) in [6.45, 7) is 5.76. The average Bonchev–Trinajstić information content (AvgIpc) is 3.07. The lowest BCUT2D eigenvalue weighted by Crippen LogP contribution is -2.38. The highest BCUT2D eigenvalue weighted by Crippen LogP contribution is 2.28.